The molecule has 300 valence electrons. The first-order valence-electron chi connectivity index (χ1n) is 17.4. The number of anilines is 2. The maximum atomic E-state index is 13.9. The van der Waals surface area contributed by atoms with Gasteiger partial charge in [-0.05, 0) is 84.9 Å². The molecule has 10 rings (SSSR count). The zero-order valence-electron chi connectivity index (χ0n) is 30.0. The Hall–Kier alpha value is -7.98. The smallest absolute Gasteiger partial charge is 0.298 e. The van der Waals surface area contributed by atoms with Crippen LogP contribution in [0.25, 0.3) is 21.5 Å². The largest absolute Gasteiger partial charge is 0.454 e. The van der Waals surface area contributed by atoms with Gasteiger partial charge in [-0.15, -0.1) is 0 Å². The first kappa shape index (κ1) is 37.3. The Kier molecular flexibility index (Phi) is 7.51. The number of benzene rings is 6. The molecule has 4 N–H and O–H groups in total. The minimum atomic E-state index is -5.33. The monoisotopic (exact) mass is 858 g/mol. The number of carbonyl (C=O) groups is 8. The fraction of sp³-hybridized carbons (Fsp3) is 0. The summed E-state index contributed by atoms with van der Waals surface area (Å²) in [5, 5.41) is 4.52. The highest BCUT2D eigenvalue weighted by atomic mass is 32.2. The molecule has 61 heavy (non-hydrogen) atoms. The predicted molar refractivity (Wildman–Crippen MR) is 206 cm³/mol. The van der Waals surface area contributed by atoms with E-state index in [1.165, 1.54) is 48.5 Å². The predicted octanol–water partition coefficient (Wildman–Crippen LogP) is 3.65. The maximum absolute atomic E-state index is 13.9. The van der Waals surface area contributed by atoms with Crippen LogP contribution in [0.1, 0.15) is 82.9 Å². The van der Waals surface area contributed by atoms with Crippen LogP contribution in [-0.4, -0.2) is 73.2 Å². The third kappa shape index (κ3) is 5.21. The van der Waals surface area contributed by atoms with Crippen molar-refractivity contribution in [2.45, 2.75) is 9.79 Å². The molecular formula is C40H18N4O15S2. The molecule has 0 aliphatic carbocycles. The highest BCUT2D eigenvalue weighted by Crippen LogP contribution is 2.43. The van der Waals surface area contributed by atoms with Gasteiger partial charge in [0.1, 0.15) is 21.3 Å². The molecule has 0 radical (unpaired) electrons. The van der Waals surface area contributed by atoms with Crippen molar-refractivity contribution in [1.82, 2.24) is 10.6 Å². The molecule has 0 saturated heterocycles. The van der Waals surface area contributed by atoms with Crippen LogP contribution >= 0.6 is 0 Å². The summed E-state index contributed by atoms with van der Waals surface area (Å²) >= 11 is 0. The van der Waals surface area contributed by atoms with Crippen LogP contribution in [-0.2, 0) is 20.2 Å². The number of hydrogen-bond donors (Lipinski definition) is 4. The van der Waals surface area contributed by atoms with Crippen molar-refractivity contribution >= 4 is 100 Å². The zero-order chi connectivity index (χ0) is 43.2. The second kappa shape index (κ2) is 12.3. The summed E-state index contributed by atoms with van der Waals surface area (Å²) < 4.78 is 77.4. The zero-order valence-corrected chi connectivity index (χ0v) is 31.6. The minimum absolute atomic E-state index is 0.0173. The molecule has 4 aliphatic rings. The second-order valence-corrected chi connectivity index (χ2v) is 16.7. The molecule has 0 bridgehead atoms. The average molecular weight is 859 g/mol. The molecule has 0 spiro atoms. The van der Waals surface area contributed by atoms with Gasteiger partial charge < -0.3 is 4.74 Å². The summed E-state index contributed by atoms with van der Waals surface area (Å²) in [7, 11) is -10.7. The fourth-order valence-electron chi connectivity index (χ4n) is 8.03. The summed E-state index contributed by atoms with van der Waals surface area (Å²) in [6.07, 6.45) is 0. The lowest BCUT2D eigenvalue weighted by atomic mass is 9.86. The van der Waals surface area contributed by atoms with Crippen molar-refractivity contribution < 1.29 is 69.0 Å². The Bertz CT molecular complexity index is 3160. The molecule has 6 aromatic carbocycles. The number of nitrogens with one attached hydrogen (secondary N) is 2. The molecule has 0 unspecified atom stereocenters. The van der Waals surface area contributed by atoms with Crippen LogP contribution in [0.5, 0.6) is 11.5 Å². The van der Waals surface area contributed by atoms with E-state index in [0.29, 0.717) is 21.9 Å². The highest BCUT2D eigenvalue weighted by Gasteiger charge is 2.41. The number of nitrogens with zero attached hydrogens (tertiary/aromatic N) is 2. The maximum Gasteiger partial charge on any atom is 0.298 e. The lowest BCUT2D eigenvalue weighted by molar-refractivity contribution is 0.0828. The van der Waals surface area contributed by atoms with Crippen molar-refractivity contribution in [3.63, 3.8) is 0 Å². The van der Waals surface area contributed by atoms with Crippen molar-refractivity contribution in [2.24, 2.45) is 0 Å². The van der Waals surface area contributed by atoms with E-state index in [0.717, 1.165) is 24.3 Å². The average Bonchev–Trinajstić information content (AvgIpc) is 3.20. The van der Waals surface area contributed by atoms with Crippen LogP contribution in [0.3, 0.4) is 0 Å². The number of hydrogen-bond acceptors (Lipinski definition) is 13. The summed E-state index contributed by atoms with van der Waals surface area (Å²) in [5.41, 5.74) is -1.19. The van der Waals surface area contributed by atoms with Gasteiger partial charge in [-0.25, -0.2) is 9.80 Å². The van der Waals surface area contributed by atoms with Gasteiger partial charge in [-0.2, -0.15) is 16.8 Å². The van der Waals surface area contributed by atoms with Crippen LogP contribution in [0, 0.1) is 0 Å². The van der Waals surface area contributed by atoms with E-state index in [4.69, 9.17) is 4.74 Å². The minimum Gasteiger partial charge on any atom is -0.454 e. The lowest BCUT2D eigenvalue weighted by Crippen LogP contribution is -2.42. The SMILES string of the molecule is O=C1NC(=O)c2ccc3c4c(ccc1c24)C(=O)N(c1ccc(Oc2ccc(N4C(=O)c5ccc6c7c(ccc(c57)C4=O)C(=O)NC6=O)cc2S(=O)(=O)O)c(S(=O)(=O)O)c1)C3=O. The Morgan fingerprint density at radius 1 is 0.393 bits per heavy atom. The van der Waals surface area contributed by atoms with Gasteiger partial charge in [0.25, 0.3) is 67.5 Å². The van der Waals surface area contributed by atoms with E-state index in [1.54, 1.807) is 0 Å². The van der Waals surface area contributed by atoms with Gasteiger partial charge in [-0.1, -0.05) is 0 Å². The van der Waals surface area contributed by atoms with Crippen molar-refractivity contribution in [1.29, 1.82) is 0 Å². The van der Waals surface area contributed by atoms with E-state index < -0.39 is 100 Å². The fourth-order valence-corrected chi connectivity index (χ4v) is 9.30. The Labute approximate surface area is 339 Å². The number of ether oxygens (including phenoxy) is 1. The van der Waals surface area contributed by atoms with E-state index in [-0.39, 0.29) is 66.1 Å². The standard InChI is InChI=1S/C40H18N4O15S2/c45-33-17-3-7-21-31-22(8-4-18(29(17)31)34(46)41-33)38(50)43(37(21)49)15-1-11-25(27(13-15)60(53,54)55)59-26-12-2-16(14-28(26)61(56,57)58)44-39(51)23-9-5-19-30-20(36(48)42-35(19)47)6-10-24(32(23)30)40(44)52/h1-14H,(H,41,45,46)(H,42,47,48)(H,53,54,55)(H,56,57,58). The van der Waals surface area contributed by atoms with Gasteiger partial charge in [0.05, 0.1) is 11.4 Å². The van der Waals surface area contributed by atoms with Gasteiger partial charge in [0.15, 0.2) is 0 Å². The van der Waals surface area contributed by atoms with Crippen LogP contribution in [0.2, 0.25) is 0 Å². The number of imide groups is 4. The molecular weight excluding hydrogens is 841 g/mol. The summed E-state index contributed by atoms with van der Waals surface area (Å²) in [6, 6.07) is 15.3. The van der Waals surface area contributed by atoms with Crippen molar-refractivity contribution in [2.75, 3.05) is 9.80 Å². The van der Waals surface area contributed by atoms with E-state index in [1.807, 2.05) is 0 Å². The van der Waals surface area contributed by atoms with Gasteiger partial charge in [0, 0.05) is 66.1 Å². The molecule has 4 aliphatic heterocycles. The molecule has 6 aromatic rings. The Balaban J connectivity index is 1.03. The second-order valence-electron chi connectivity index (χ2n) is 13.9. The summed E-state index contributed by atoms with van der Waals surface area (Å²) in [6.45, 7) is 0. The molecule has 8 amide bonds. The Morgan fingerprint density at radius 3 is 0.934 bits per heavy atom. The quantitative estimate of drug-likeness (QED) is 0.137. The third-order valence-corrected chi connectivity index (χ3v) is 12.4. The summed E-state index contributed by atoms with van der Waals surface area (Å²) in [5.74, 6) is -8.54. The molecule has 0 aromatic heterocycles. The molecule has 21 heteroatoms. The van der Waals surface area contributed by atoms with Crippen LogP contribution in [0.15, 0.2) is 94.7 Å². The van der Waals surface area contributed by atoms with Crippen LogP contribution < -0.4 is 25.2 Å². The summed E-state index contributed by atoms with van der Waals surface area (Å²) in [4.78, 5) is 105. The number of amides is 8. The molecule has 0 fully saturated rings. The van der Waals surface area contributed by atoms with Gasteiger partial charge >= 0.3 is 0 Å². The first-order chi connectivity index (χ1) is 28.8. The highest BCUT2D eigenvalue weighted by molar-refractivity contribution is 7.86. The Morgan fingerprint density at radius 2 is 0.656 bits per heavy atom. The van der Waals surface area contributed by atoms with Crippen molar-refractivity contribution in [3.8, 4) is 11.5 Å². The molecule has 0 saturated carbocycles. The van der Waals surface area contributed by atoms with E-state index >= 15 is 0 Å². The van der Waals surface area contributed by atoms with E-state index in [9.17, 15) is 64.3 Å². The molecule has 4 heterocycles. The lowest BCUT2D eigenvalue weighted by Gasteiger charge is -2.30. The van der Waals surface area contributed by atoms with Gasteiger partial charge in [-0.3, -0.25) is 58.1 Å². The normalized spacial score (nSPS) is 15.8. The van der Waals surface area contributed by atoms with E-state index in [2.05, 4.69) is 10.6 Å². The first-order valence-corrected chi connectivity index (χ1v) is 20.3. The topological polar surface area (TPSA) is 285 Å². The van der Waals surface area contributed by atoms with Crippen molar-refractivity contribution in [3.05, 3.63) is 129 Å². The van der Waals surface area contributed by atoms with Crippen LogP contribution in [0.4, 0.5) is 11.4 Å². The van der Waals surface area contributed by atoms with Gasteiger partial charge in [0.2, 0.25) is 0 Å². The number of rotatable bonds is 6. The molecule has 19 nitrogen and oxygen atoms in total. The third-order valence-electron chi connectivity index (χ3n) is 10.6. The molecule has 0 atom stereocenters. The number of carbonyl (C=O) groups excluding carboxylic acids is 8.